The van der Waals surface area contributed by atoms with Crippen LogP contribution in [0.25, 0.3) is 0 Å². The summed E-state index contributed by atoms with van der Waals surface area (Å²) in [7, 11) is 0. The lowest BCUT2D eigenvalue weighted by molar-refractivity contribution is -0.116. The maximum atomic E-state index is 11.9. The summed E-state index contributed by atoms with van der Waals surface area (Å²) in [4.78, 5) is 11.9. The van der Waals surface area contributed by atoms with Crippen molar-refractivity contribution >= 4 is 33.2 Å². The minimum Gasteiger partial charge on any atom is -0.493 e. The van der Waals surface area contributed by atoms with E-state index in [1.54, 1.807) is 0 Å². The molecule has 0 unspecified atom stereocenters. The fourth-order valence-electron chi connectivity index (χ4n) is 1.88. The largest absolute Gasteiger partial charge is 0.493 e. The van der Waals surface area contributed by atoms with Crippen LogP contribution in [0.2, 0.25) is 0 Å². The highest BCUT2D eigenvalue weighted by molar-refractivity contribution is 9.10. The quantitative estimate of drug-likeness (QED) is 0.808. The Bertz CT molecular complexity index is 606. The highest BCUT2D eigenvalue weighted by Crippen LogP contribution is 2.30. The summed E-state index contributed by atoms with van der Waals surface area (Å²) in [6.07, 6.45) is 0.259. The molecular weight excluding hydrogens is 332 g/mol. The number of nitrogens with one attached hydrogen (secondary N) is 1. The van der Waals surface area contributed by atoms with Gasteiger partial charge in [0.1, 0.15) is 5.75 Å². The molecule has 0 aliphatic heterocycles. The Labute approximate surface area is 132 Å². The second-order valence-electron chi connectivity index (χ2n) is 4.67. The molecule has 21 heavy (non-hydrogen) atoms. The van der Waals surface area contributed by atoms with Crippen LogP contribution < -0.4 is 15.8 Å². The van der Waals surface area contributed by atoms with Gasteiger partial charge < -0.3 is 15.8 Å². The Morgan fingerprint density at radius 1 is 1.29 bits per heavy atom. The number of hydrogen-bond donors (Lipinski definition) is 2. The average Bonchev–Trinajstić information content (AvgIpc) is 2.44. The third kappa shape index (κ3) is 4.49. The number of nitrogen functional groups attached to an aromatic ring is 1. The first kappa shape index (κ1) is 15.4. The molecule has 0 saturated heterocycles. The van der Waals surface area contributed by atoms with Crippen molar-refractivity contribution in [2.24, 2.45) is 0 Å². The average molecular weight is 349 g/mol. The van der Waals surface area contributed by atoms with Crippen LogP contribution in [0.5, 0.6) is 5.75 Å². The highest BCUT2D eigenvalue weighted by atomic mass is 79.9. The van der Waals surface area contributed by atoms with E-state index >= 15 is 0 Å². The first-order valence-corrected chi connectivity index (χ1v) is 7.39. The Morgan fingerprint density at radius 2 is 2.00 bits per heavy atom. The predicted molar refractivity (Wildman–Crippen MR) is 88.5 cm³/mol. The van der Waals surface area contributed by atoms with E-state index in [2.05, 4.69) is 21.2 Å². The van der Waals surface area contributed by atoms with Crippen molar-refractivity contribution in [1.82, 2.24) is 0 Å². The number of aryl methyl sites for hydroxylation is 1. The van der Waals surface area contributed by atoms with E-state index in [9.17, 15) is 4.79 Å². The Kier molecular flexibility index (Phi) is 5.22. The number of benzene rings is 2. The fourth-order valence-corrected chi connectivity index (χ4v) is 2.57. The molecule has 1 amide bonds. The SMILES string of the molecule is Cc1cc(N)c(NC(=O)CCOc2ccccc2)c(Br)c1. The number of hydrogen-bond acceptors (Lipinski definition) is 3. The van der Waals surface area contributed by atoms with Crippen LogP contribution in [0.15, 0.2) is 46.9 Å². The maximum Gasteiger partial charge on any atom is 0.227 e. The molecule has 0 radical (unpaired) electrons. The van der Waals surface area contributed by atoms with E-state index in [-0.39, 0.29) is 12.3 Å². The lowest BCUT2D eigenvalue weighted by atomic mass is 10.2. The summed E-state index contributed by atoms with van der Waals surface area (Å²) in [6.45, 7) is 2.26. The molecule has 0 aromatic heterocycles. The van der Waals surface area contributed by atoms with Gasteiger partial charge in [0.05, 0.1) is 24.4 Å². The molecule has 0 aliphatic carbocycles. The number of amides is 1. The molecule has 110 valence electrons. The smallest absolute Gasteiger partial charge is 0.227 e. The van der Waals surface area contributed by atoms with E-state index in [4.69, 9.17) is 10.5 Å². The summed E-state index contributed by atoms with van der Waals surface area (Å²) < 4.78 is 6.27. The number of rotatable bonds is 5. The highest BCUT2D eigenvalue weighted by Gasteiger charge is 2.10. The Hall–Kier alpha value is -2.01. The van der Waals surface area contributed by atoms with Gasteiger partial charge in [-0.05, 0) is 52.7 Å². The van der Waals surface area contributed by atoms with Gasteiger partial charge in [0, 0.05) is 4.47 Å². The van der Waals surface area contributed by atoms with Gasteiger partial charge in [-0.25, -0.2) is 0 Å². The van der Waals surface area contributed by atoms with Gasteiger partial charge in [0.15, 0.2) is 0 Å². The Balaban J connectivity index is 1.88. The fraction of sp³-hybridized carbons (Fsp3) is 0.188. The molecule has 0 spiro atoms. The monoisotopic (exact) mass is 348 g/mol. The second kappa shape index (κ2) is 7.13. The zero-order valence-corrected chi connectivity index (χ0v) is 13.3. The predicted octanol–water partition coefficient (Wildman–Crippen LogP) is 3.75. The number of anilines is 2. The van der Waals surface area contributed by atoms with Crippen molar-refractivity contribution in [3.63, 3.8) is 0 Å². The first-order valence-electron chi connectivity index (χ1n) is 6.59. The lowest BCUT2D eigenvalue weighted by Crippen LogP contribution is -2.16. The van der Waals surface area contributed by atoms with Crippen molar-refractivity contribution in [1.29, 1.82) is 0 Å². The normalized spacial score (nSPS) is 10.2. The molecule has 4 nitrogen and oxygen atoms in total. The number of ether oxygens (including phenoxy) is 1. The van der Waals surface area contributed by atoms with E-state index in [1.807, 2.05) is 49.4 Å². The molecule has 0 fully saturated rings. The molecule has 2 aromatic carbocycles. The summed E-state index contributed by atoms with van der Waals surface area (Å²) in [5.41, 5.74) is 8.09. The van der Waals surface area contributed by atoms with Crippen LogP contribution in [0.4, 0.5) is 11.4 Å². The third-order valence-corrected chi connectivity index (χ3v) is 3.50. The minimum absolute atomic E-state index is 0.137. The van der Waals surface area contributed by atoms with E-state index in [0.717, 1.165) is 15.8 Å². The molecular formula is C16H17BrN2O2. The number of carbonyl (C=O) groups is 1. The lowest BCUT2D eigenvalue weighted by Gasteiger charge is -2.12. The van der Waals surface area contributed by atoms with Gasteiger partial charge in [0.25, 0.3) is 0 Å². The summed E-state index contributed by atoms with van der Waals surface area (Å²) in [5.74, 6) is 0.614. The van der Waals surface area contributed by atoms with Crippen molar-refractivity contribution in [2.45, 2.75) is 13.3 Å². The molecule has 5 heteroatoms. The summed E-state index contributed by atoms with van der Waals surface area (Å²) >= 11 is 3.41. The summed E-state index contributed by atoms with van der Waals surface area (Å²) in [5, 5.41) is 2.80. The molecule has 3 N–H and O–H groups in total. The van der Waals surface area contributed by atoms with Gasteiger partial charge in [0.2, 0.25) is 5.91 Å². The van der Waals surface area contributed by atoms with Crippen LogP contribution in [0, 0.1) is 6.92 Å². The minimum atomic E-state index is -0.137. The number of para-hydroxylation sites is 1. The molecule has 0 heterocycles. The second-order valence-corrected chi connectivity index (χ2v) is 5.52. The standard InChI is InChI=1S/C16H17BrN2O2/c1-11-9-13(17)16(14(18)10-11)19-15(20)7-8-21-12-5-3-2-4-6-12/h2-6,9-10H,7-8,18H2,1H3,(H,19,20). The van der Waals surface area contributed by atoms with Crippen LogP contribution in [0.3, 0.4) is 0 Å². The molecule has 0 saturated carbocycles. The molecule has 2 aromatic rings. The third-order valence-electron chi connectivity index (χ3n) is 2.87. The molecule has 0 aliphatic rings. The van der Waals surface area contributed by atoms with E-state index in [1.165, 1.54) is 0 Å². The number of halogens is 1. The Morgan fingerprint density at radius 3 is 2.67 bits per heavy atom. The maximum absolute atomic E-state index is 11.9. The van der Waals surface area contributed by atoms with Gasteiger partial charge in [-0.1, -0.05) is 18.2 Å². The topological polar surface area (TPSA) is 64.3 Å². The number of nitrogens with two attached hydrogens (primary N) is 1. The van der Waals surface area contributed by atoms with Crippen molar-refractivity contribution in [2.75, 3.05) is 17.7 Å². The van der Waals surface area contributed by atoms with Crippen LogP contribution in [-0.2, 0) is 4.79 Å². The van der Waals surface area contributed by atoms with Crippen molar-refractivity contribution in [3.8, 4) is 5.75 Å². The van der Waals surface area contributed by atoms with E-state index < -0.39 is 0 Å². The molecule has 0 bridgehead atoms. The van der Waals surface area contributed by atoms with Gasteiger partial charge >= 0.3 is 0 Å². The molecule has 0 atom stereocenters. The van der Waals surface area contributed by atoms with E-state index in [0.29, 0.717) is 18.0 Å². The van der Waals surface area contributed by atoms with Crippen LogP contribution >= 0.6 is 15.9 Å². The van der Waals surface area contributed by atoms with Gasteiger partial charge in [-0.15, -0.1) is 0 Å². The van der Waals surface area contributed by atoms with Gasteiger partial charge in [-0.2, -0.15) is 0 Å². The van der Waals surface area contributed by atoms with Crippen molar-refractivity contribution < 1.29 is 9.53 Å². The van der Waals surface area contributed by atoms with Gasteiger partial charge in [-0.3, -0.25) is 4.79 Å². The number of carbonyl (C=O) groups excluding carboxylic acids is 1. The summed E-state index contributed by atoms with van der Waals surface area (Å²) in [6, 6.07) is 13.1. The molecule has 2 rings (SSSR count). The zero-order valence-electron chi connectivity index (χ0n) is 11.7. The first-order chi connectivity index (χ1) is 10.1. The van der Waals surface area contributed by atoms with Crippen LogP contribution in [-0.4, -0.2) is 12.5 Å². The zero-order chi connectivity index (χ0) is 15.2. The van der Waals surface area contributed by atoms with Crippen LogP contribution in [0.1, 0.15) is 12.0 Å². The van der Waals surface area contributed by atoms with Crippen molar-refractivity contribution in [3.05, 3.63) is 52.5 Å².